The van der Waals surface area contributed by atoms with Crippen LogP contribution in [0.3, 0.4) is 0 Å². The van der Waals surface area contributed by atoms with Crippen LogP contribution < -0.4 is 5.32 Å². The Balaban J connectivity index is 1.93. The molecule has 178 valence electrons. The molecule has 0 aliphatic rings. The van der Waals surface area contributed by atoms with Gasteiger partial charge in [-0.25, -0.2) is 0 Å². The second-order valence-corrected chi connectivity index (χ2v) is 9.18. The predicted octanol–water partition coefficient (Wildman–Crippen LogP) is 6.09. The van der Waals surface area contributed by atoms with Crippen molar-refractivity contribution in [1.82, 2.24) is 10.2 Å². The Kier molecular flexibility index (Phi) is 9.99. The minimum atomic E-state index is -0.651. The van der Waals surface area contributed by atoms with Crippen molar-refractivity contribution in [2.75, 3.05) is 6.54 Å². The number of amides is 2. The smallest absolute Gasteiger partial charge is 0.243 e. The molecule has 0 radical (unpaired) electrons. The van der Waals surface area contributed by atoms with Crippen molar-refractivity contribution in [3.05, 3.63) is 106 Å². The second kappa shape index (κ2) is 13.2. The third-order valence-electron chi connectivity index (χ3n) is 5.61. The molecule has 0 unspecified atom stereocenters. The molecule has 6 heteroatoms. The molecule has 2 amide bonds. The van der Waals surface area contributed by atoms with Crippen molar-refractivity contribution in [1.29, 1.82) is 0 Å². The first-order chi connectivity index (χ1) is 16.5. The standard InChI is InChI=1S/C28H30Cl2N2O2/c1-2-3-16-31-28(34)26(18-21-8-5-4-6-9-21)32(20-22-12-14-24(29)15-13-22)27(33)19-23-10-7-11-25(30)17-23/h4-15,17,26H,2-3,16,18-20H2,1H3,(H,31,34)/t26-/m1/s1. The highest BCUT2D eigenvalue weighted by Crippen LogP contribution is 2.19. The number of hydrogen-bond acceptors (Lipinski definition) is 2. The van der Waals surface area contributed by atoms with Gasteiger partial charge in [-0.2, -0.15) is 0 Å². The Morgan fingerprint density at radius 1 is 0.853 bits per heavy atom. The van der Waals surface area contributed by atoms with Gasteiger partial charge >= 0.3 is 0 Å². The lowest BCUT2D eigenvalue weighted by Gasteiger charge is -2.32. The number of benzene rings is 3. The normalized spacial score (nSPS) is 11.6. The van der Waals surface area contributed by atoms with Crippen LogP contribution in [0.2, 0.25) is 10.0 Å². The summed E-state index contributed by atoms with van der Waals surface area (Å²) in [5.41, 5.74) is 2.71. The van der Waals surface area contributed by atoms with E-state index in [1.54, 1.807) is 29.2 Å². The monoisotopic (exact) mass is 496 g/mol. The van der Waals surface area contributed by atoms with Crippen LogP contribution >= 0.6 is 23.2 Å². The van der Waals surface area contributed by atoms with Gasteiger partial charge < -0.3 is 10.2 Å². The molecule has 0 bridgehead atoms. The van der Waals surface area contributed by atoms with Crippen molar-refractivity contribution in [2.45, 2.75) is 45.2 Å². The van der Waals surface area contributed by atoms with Gasteiger partial charge in [0.15, 0.2) is 0 Å². The van der Waals surface area contributed by atoms with Crippen molar-refractivity contribution in [2.24, 2.45) is 0 Å². The fourth-order valence-electron chi connectivity index (χ4n) is 3.77. The molecule has 34 heavy (non-hydrogen) atoms. The molecular weight excluding hydrogens is 467 g/mol. The lowest BCUT2D eigenvalue weighted by atomic mass is 10.0. The van der Waals surface area contributed by atoms with E-state index in [1.807, 2.05) is 54.6 Å². The van der Waals surface area contributed by atoms with Crippen molar-refractivity contribution < 1.29 is 9.59 Å². The molecule has 0 aromatic heterocycles. The summed E-state index contributed by atoms with van der Waals surface area (Å²) in [4.78, 5) is 28.7. The number of carbonyl (C=O) groups is 2. The summed E-state index contributed by atoms with van der Waals surface area (Å²) in [5, 5.41) is 4.23. The number of nitrogens with zero attached hydrogens (tertiary/aromatic N) is 1. The summed E-state index contributed by atoms with van der Waals surface area (Å²) >= 11 is 12.2. The molecule has 0 aliphatic heterocycles. The summed E-state index contributed by atoms with van der Waals surface area (Å²) in [6, 6.07) is 23.8. The van der Waals surface area contributed by atoms with E-state index >= 15 is 0 Å². The van der Waals surface area contributed by atoms with Crippen molar-refractivity contribution in [3.8, 4) is 0 Å². The number of nitrogens with one attached hydrogen (secondary N) is 1. The third kappa shape index (κ3) is 7.89. The van der Waals surface area contributed by atoms with Gasteiger partial charge in [0.1, 0.15) is 6.04 Å². The Morgan fingerprint density at radius 2 is 1.56 bits per heavy atom. The van der Waals surface area contributed by atoms with E-state index in [9.17, 15) is 9.59 Å². The van der Waals surface area contributed by atoms with Crippen LogP contribution in [0.1, 0.15) is 36.5 Å². The van der Waals surface area contributed by atoms with E-state index in [2.05, 4.69) is 12.2 Å². The molecular formula is C28H30Cl2N2O2. The summed E-state index contributed by atoms with van der Waals surface area (Å²) in [6.45, 7) is 2.96. The van der Waals surface area contributed by atoms with E-state index < -0.39 is 6.04 Å². The van der Waals surface area contributed by atoms with E-state index in [-0.39, 0.29) is 18.2 Å². The number of hydrogen-bond donors (Lipinski definition) is 1. The molecule has 0 saturated heterocycles. The molecule has 4 nitrogen and oxygen atoms in total. The molecule has 0 aliphatic carbocycles. The van der Waals surface area contributed by atoms with Gasteiger partial charge in [-0.05, 0) is 47.4 Å². The maximum Gasteiger partial charge on any atom is 0.243 e. The highest BCUT2D eigenvalue weighted by molar-refractivity contribution is 6.30. The van der Waals surface area contributed by atoms with Crippen LogP contribution in [-0.4, -0.2) is 29.3 Å². The quantitative estimate of drug-likeness (QED) is 0.326. The zero-order valence-electron chi connectivity index (χ0n) is 19.3. The van der Waals surface area contributed by atoms with E-state index in [0.29, 0.717) is 29.6 Å². The zero-order chi connectivity index (χ0) is 24.3. The minimum absolute atomic E-state index is 0.135. The summed E-state index contributed by atoms with van der Waals surface area (Å²) in [6.07, 6.45) is 2.44. The molecule has 0 saturated carbocycles. The van der Waals surface area contributed by atoms with Crippen LogP contribution in [0.5, 0.6) is 0 Å². The summed E-state index contributed by atoms with van der Waals surface area (Å²) in [5.74, 6) is -0.283. The Labute approximate surface area is 211 Å². The molecule has 0 heterocycles. The van der Waals surface area contributed by atoms with E-state index in [4.69, 9.17) is 23.2 Å². The SMILES string of the molecule is CCCCNC(=O)[C@@H](Cc1ccccc1)N(Cc1ccc(Cl)cc1)C(=O)Cc1cccc(Cl)c1. The maximum absolute atomic E-state index is 13.6. The van der Waals surface area contributed by atoms with E-state index in [0.717, 1.165) is 29.5 Å². The van der Waals surface area contributed by atoms with Crippen LogP contribution in [0.4, 0.5) is 0 Å². The number of rotatable bonds is 11. The topological polar surface area (TPSA) is 49.4 Å². The highest BCUT2D eigenvalue weighted by atomic mass is 35.5. The fourth-order valence-corrected chi connectivity index (χ4v) is 4.11. The molecule has 0 fully saturated rings. The number of unbranched alkanes of at least 4 members (excludes halogenated alkanes) is 1. The first kappa shape index (κ1) is 25.8. The zero-order valence-corrected chi connectivity index (χ0v) is 20.9. The molecule has 1 N–H and O–H groups in total. The Morgan fingerprint density at radius 3 is 2.24 bits per heavy atom. The molecule has 3 rings (SSSR count). The van der Waals surface area contributed by atoms with Crippen LogP contribution in [0, 0.1) is 0 Å². The molecule has 3 aromatic carbocycles. The van der Waals surface area contributed by atoms with Gasteiger partial charge in [-0.15, -0.1) is 0 Å². The largest absolute Gasteiger partial charge is 0.354 e. The molecule has 3 aromatic rings. The second-order valence-electron chi connectivity index (χ2n) is 8.30. The van der Waals surface area contributed by atoms with Crippen molar-refractivity contribution in [3.63, 3.8) is 0 Å². The lowest BCUT2D eigenvalue weighted by molar-refractivity contribution is -0.140. The van der Waals surface area contributed by atoms with Gasteiger partial charge in [-0.3, -0.25) is 9.59 Å². The lowest BCUT2D eigenvalue weighted by Crippen LogP contribution is -2.51. The fraction of sp³-hybridized carbons (Fsp3) is 0.286. The average molecular weight is 497 g/mol. The van der Waals surface area contributed by atoms with Gasteiger partial charge in [0.25, 0.3) is 0 Å². The van der Waals surface area contributed by atoms with Gasteiger partial charge in [0, 0.05) is 29.6 Å². The first-order valence-electron chi connectivity index (χ1n) is 11.6. The van der Waals surface area contributed by atoms with Gasteiger partial charge in [0.05, 0.1) is 6.42 Å². The van der Waals surface area contributed by atoms with E-state index in [1.165, 1.54) is 0 Å². The summed E-state index contributed by atoms with van der Waals surface area (Å²) < 4.78 is 0. The third-order valence-corrected chi connectivity index (χ3v) is 6.10. The molecule has 0 spiro atoms. The highest BCUT2D eigenvalue weighted by Gasteiger charge is 2.30. The Bertz CT molecular complexity index is 1070. The van der Waals surface area contributed by atoms with Gasteiger partial charge in [-0.1, -0.05) is 91.1 Å². The number of carbonyl (C=O) groups excluding carboxylic acids is 2. The van der Waals surface area contributed by atoms with Gasteiger partial charge in [0.2, 0.25) is 11.8 Å². The number of halogens is 2. The minimum Gasteiger partial charge on any atom is -0.354 e. The predicted molar refractivity (Wildman–Crippen MR) is 139 cm³/mol. The summed E-state index contributed by atoms with van der Waals surface area (Å²) in [7, 11) is 0. The van der Waals surface area contributed by atoms with Crippen molar-refractivity contribution >= 4 is 35.0 Å². The maximum atomic E-state index is 13.6. The first-order valence-corrected chi connectivity index (χ1v) is 12.3. The Hall–Kier alpha value is -2.82. The van der Waals surface area contributed by atoms with Crippen LogP contribution in [0.15, 0.2) is 78.9 Å². The van der Waals surface area contributed by atoms with Crippen LogP contribution in [-0.2, 0) is 29.0 Å². The van der Waals surface area contributed by atoms with Crippen LogP contribution in [0.25, 0.3) is 0 Å². The average Bonchev–Trinajstić information content (AvgIpc) is 2.83. The molecule has 1 atom stereocenters.